The van der Waals surface area contributed by atoms with Crippen molar-refractivity contribution in [3.63, 3.8) is 0 Å². The Morgan fingerprint density at radius 1 is 1.37 bits per heavy atom. The number of benzene rings is 1. The second-order valence-corrected chi connectivity index (χ2v) is 4.74. The molecule has 2 rings (SSSR count). The molecule has 1 saturated heterocycles. The molecule has 0 spiro atoms. The minimum atomic E-state index is -0.680. The van der Waals surface area contributed by atoms with Crippen molar-refractivity contribution in [1.29, 1.82) is 0 Å². The molecule has 5 heteroatoms. The number of ether oxygens (including phenoxy) is 2. The highest BCUT2D eigenvalue weighted by Crippen LogP contribution is 2.21. The SMILES string of the molecule is CO[C@H]1OC(CO)[C@@H](NCc2ccccc2)CC1O. The van der Waals surface area contributed by atoms with Crippen LogP contribution in [0.15, 0.2) is 30.3 Å². The quantitative estimate of drug-likeness (QED) is 0.714. The number of methoxy groups -OCH3 is 1. The van der Waals surface area contributed by atoms with Crippen molar-refractivity contribution >= 4 is 0 Å². The van der Waals surface area contributed by atoms with Crippen LogP contribution in [0.3, 0.4) is 0 Å². The van der Waals surface area contributed by atoms with Crippen LogP contribution < -0.4 is 5.32 Å². The highest BCUT2D eigenvalue weighted by molar-refractivity contribution is 5.14. The third kappa shape index (κ3) is 3.75. The topological polar surface area (TPSA) is 71.0 Å². The van der Waals surface area contributed by atoms with Crippen LogP contribution in [0.4, 0.5) is 0 Å². The first-order chi connectivity index (χ1) is 9.24. The van der Waals surface area contributed by atoms with E-state index in [4.69, 9.17) is 9.47 Å². The van der Waals surface area contributed by atoms with Crippen molar-refractivity contribution in [2.75, 3.05) is 13.7 Å². The fraction of sp³-hybridized carbons (Fsp3) is 0.571. The first kappa shape index (κ1) is 14.4. The van der Waals surface area contributed by atoms with E-state index in [1.54, 1.807) is 0 Å². The van der Waals surface area contributed by atoms with Gasteiger partial charge in [-0.25, -0.2) is 0 Å². The lowest BCUT2D eigenvalue weighted by atomic mass is 9.99. The highest BCUT2D eigenvalue weighted by Gasteiger charge is 2.36. The summed E-state index contributed by atoms with van der Waals surface area (Å²) in [5, 5.41) is 22.5. The molecule has 1 heterocycles. The monoisotopic (exact) mass is 267 g/mol. The molecule has 1 aliphatic rings. The third-order valence-corrected chi connectivity index (χ3v) is 3.39. The maximum Gasteiger partial charge on any atom is 0.183 e. The Bertz CT molecular complexity index is 373. The molecule has 0 saturated carbocycles. The van der Waals surface area contributed by atoms with E-state index in [1.807, 2.05) is 30.3 Å². The van der Waals surface area contributed by atoms with Gasteiger partial charge in [0.15, 0.2) is 6.29 Å². The van der Waals surface area contributed by atoms with Gasteiger partial charge in [-0.1, -0.05) is 30.3 Å². The zero-order valence-electron chi connectivity index (χ0n) is 11.0. The molecule has 1 aromatic rings. The van der Waals surface area contributed by atoms with Crippen LogP contribution in [0.2, 0.25) is 0 Å². The molecule has 0 aliphatic carbocycles. The first-order valence-corrected chi connectivity index (χ1v) is 6.49. The minimum absolute atomic E-state index is 0.0911. The van der Waals surface area contributed by atoms with Crippen molar-refractivity contribution < 1.29 is 19.7 Å². The molecule has 19 heavy (non-hydrogen) atoms. The van der Waals surface area contributed by atoms with Crippen LogP contribution >= 0.6 is 0 Å². The Balaban J connectivity index is 1.91. The van der Waals surface area contributed by atoms with Crippen molar-refractivity contribution in [3.8, 4) is 0 Å². The van der Waals surface area contributed by atoms with Crippen molar-refractivity contribution in [2.45, 2.75) is 37.5 Å². The van der Waals surface area contributed by atoms with Crippen LogP contribution in [0, 0.1) is 0 Å². The molecule has 1 aromatic carbocycles. The van der Waals surface area contributed by atoms with Crippen molar-refractivity contribution in [2.24, 2.45) is 0 Å². The highest BCUT2D eigenvalue weighted by atomic mass is 16.7. The Labute approximate surface area is 113 Å². The summed E-state index contributed by atoms with van der Waals surface area (Å²) in [6.45, 7) is 0.578. The number of aliphatic hydroxyl groups is 2. The summed E-state index contributed by atoms with van der Waals surface area (Å²) in [6.07, 6.45) is -1.21. The van der Waals surface area contributed by atoms with Gasteiger partial charge in [0.2, 0.25) is 0 Å². The lowest BCUT2D eigenvalue weighted by Crippen LogP contribution is -2.54. The Hall–Kier alpha value is -0.980. The van der Waals surface area contributed by atoms with Crippen LogP contribution in [-0.4, -0.2) is 48.5 Å². The molecule has 0 amide bonds. The van der Waals surface area contributed by atoms with Gasteiger partial charge in [-0.15, -0.1) is 0 Å². The van der Waals surface area contributed by atoms with Gasteiger partial charge < -0.3 is 25.0 Å². The van der Waals surface area contributed by atoms with Gasteiger partial charge >= 0.3 is 0 Å². The van der Waals surface area contributed by atoms with E-state index in [0.717, 1.165) is 5.56 Å². The smallest absolute Gasteiger partial charge is 0.183 e. The predicted molar refractivity (Wildman–Crippen MR) is 70.4 cm³/mol. The summed E-state index contributed by atoms with van der Waals surface area (Å²) >= 11 is 0. The third-order valence-electron chi connectivity index (χ3n) is 3.39. The Morgan fingerprint density at radius 3 is 2.74 bits per heavy atom. The molecule has 0 aromatic heterocycles. The van der Waals surface area contributed by atoms with Gasteiger partial charge in [0.05, 0.1) is 12.7 Å². The molecular formula is C14H21NO4. The van der Waals surface area contributed by atoms with Crippen LogP contribution in [0.25, 0.3) is 0 Å². The second-order valence-electron chi connectivity index (χ2n) is 4.74. The maximum absolute atomic E-state index is 9.88. The van der Waals surface area contributed by atoms with Gasteiger partial charge in [-0.2, -0.15) is 0 Å². The van der Waals surface area contributed by atoms with E-state index < -0.39 is 12.4 Å². The predicted octanol–water partition coefficient (Wildman–Crippen LogP) is 0.259. The number of rotatable bonds is 5. The van der Waals surface area contributed by atoms with Crippen LogP contribution in [-0.2, 0) is 16.0 Å². The summed E-state index contributed by atoms with van der Waals surface area (Å²) in [5.41, 5.74) is 1.16. The average molecular weight is 267 g/mol. The fourth-order valence-electron chi connectivity index (χ4n) is 2.32. The lowest BCUT2D eigenvalue weighted by Gasteiger charge is -2.38. The van der Waals surface area contributed by atoms with Gasteiger partial charge in [0.25, 0.3) is 0 Å². The molecule has 4 atom stereocenters. The van der Waals surface area contributed by atoms with E-state index in [0.29, 0.717) is 13.0 Å². The van der Waals surface area contributed by atoms with E-state index in [9.17, 15) is 10.2 Å². The summed E-state index contributed by atoms with van der Waals surface area (Å²) in [4.78, 5) is 0. The first-order valence-electron chi connectivity index (χ1n) is 6.49. The molecule has 2 unspecified atom stereocenters. The second kappa shape index (κ2) is 6.98. The summed E-state index contributed by atoms with van der Waals surface area (Å²) in [7, 11) is 1.49. The summed E-state index contributed by atoms with van der Waals surface area (Å²) in [5.74, 6) is 0. The lowest BCUT2D eigenvalue weighted by molar-refractivity contribution is -0.242. The maximum atomic E-state index is 9.88. The molecule has 5 nitrogen and oxygen atoms in total. The fourth-order valence-corrected chi connectivity index (χ4v) is 2.32. The van der Waals surface area contributed by atoms with E-state index >= 15 is 0 Å². The molecule has 1 aliphatic heterocycles. The Kier molecular flexibility index (Phi) is 5.30. The standard InChI is InChI=1S/C14H21NO4/c1-18-14-12(17)7-11(13(9-16)19-14)15-8-10-5-3-2-4-6-10/h2-6,11-17H,7-9H2,1H3/t11-,12?,13?,14-/m0/s1. The molecule has 0 bridgehead atoms. The molecule has 3 N–H and O–H groups in total. The van der Waals surface area contributed by atoms with Crippen LogP contribution in [0.1, 0.15) is 12.0 Å². The van der Waals surface area contributed by atoms with Crippen LogP contribution in [0.5, 0.6) is 0 Å². The summed E-state index contributed by atoms with van der Waals surface area (Å²) < 4.78 is 10.5. The van der Waals surface area contributed by atoms with Crippen molar-refractivity contribution in [3.05, 3.63) is 35.9 Å². The molecule has 1 fully saturated rings. The number of aliphatic hydroxyl groups excluding tert-OH is 2. The van der Waals surface area contributed by atoms with Gasteiger partial charge in [0.1, 0.15) is 6.10 Å². The van der Waals surface area contributed by atoms with Gasteiger partial charge in [0, 0.05) is 19.7 Å². The van der Waals surface area contributed by atoms with E-state index in [1.165, 1.54) is 7.11 Å². The summed E-state index contributed by atoms with van der Waals surface area (Å²) in [6, 6.07) is 9.89. The van der Waals surface area contributed by atoms with Gasteiger partial charge in [-0.3, -0.25) is 0 Å². The van der Waals surface area contributed by atoms with Crippen molar-refractivity contribution in [1.82, 2.24) is 5.32 Å². The van der Waals surface area contributed by atoms with E-state index in [2.05, 4.69) is 5.32 Å². The molecule has 106 valence electrons. The number of hydrogen-bond donors (Lipinski definition) is 3. The Morgan fingerprint density at radius 2 is 2.11 bits per heavy atom. The normalized spacial score (nSPS) is 31.3. The van der Waals surface area contributed by atoms with Gasteiger partial charge in [-0.05, 0) is 12.0 Å². The minimum Gasteiger partial charge on any atom is -0.394 e. The zero-order valence-corrected chi connectivity index (χ0v) is 11.0. The average Bonchev–Trinajstić information content (AvgIpc) is 2.46. The zero-order chi connectivity index (χ0) is 13.7. The number of nitrogens with one attached hydrogen (secondary N) is 1. The largest absolute Gasteiger partial charge is 0.394 e. The molecule has 0 radical (unpaired) electrons. The van der Waals surface area contributed by atoms with E-state index in [-0.39, 0.29) is 18.8 Å². The molecular weight excluding hydrogens is 246 g/mol. The number of hydrogen-bond acceptors (Lipinski definition) is 5.